The van der Waals surface area contributed by atoms with E-state index in [-0.39, 0.29) is 16.9 Å². The van der Waals surface area contributed by atoms with Crippen LogP contribution >= 0.6 is 11.8 Å². The van der Waals surface area contributed by atoms with Gasteiger partial charge in [-0.3, -0.25) is 0 Å². The molecule has 1 aliphatic carbocycles. The number of nitrogens with two attached hydrogens (primary N) is 1. The van der Waals surface area contributed by atoms with E-state index < -0.39 is 10.0 Å². The van der Waals surface area contributed by atoms with E-state index >= 15 is 0 Å². The van der Waals surface area contributed by atoms with Gasteiger partial charge in [0.25, 0.3) is 0 Å². The smallest absolute Gasteiger partial charge is 0.243 e. The summed E-state index contributed by atoms with van der Waals surface area (Å²) in [5.41, 5.74) is 5.34. The predicted molar refractivity (Wildman–Crippen MR) is 76.3 cm³/mol. The highest BCUT2D eigenvalue weighted by molar-refractivity contribution is 7.99. The zero-order valence-electron chi connectivity index (χ0n) is 10.7. The molecule has 0 saturated heterocycles. The lowest BCUT2D eigenvalue weighted by Gasteiger charge is -2.13. The highest BCUT2D eigenvalue weighted by atomic mass is 32.2. The Hall–Kier alpha value is -0.860. The van der Waals surface area contributed by atoms with Crippen molar-refractivity contribution >= 4 is 27.7 Å². The number of rotatable bonds is 5. The first-order valence-electron chi connectivity index (χ1n) is 6.22. The molecular formula is C11H18N4O2S2. The van der Waals surface area contributed by atoms with Crippen LogP contribution in [-0.2, 0) is 10.0 Å². The SMILES string of the molecule is CCSC1CCC(NS(=O)(=O)c2cnc(N)nc2)C1. The van der Waals surface area contributed by atoms with E-state index in [0.717, 1.165) is 25.0 Å². The largest absolute Gasteiger partial charge is 0.368 e. The molecule has 0 radical (unpaired) electrons. The van der Waals surface area contributed by atoms with Gasteiger partial charge in [-0.05, 0) is 25.0 Å². The molecule has 1 aromatic rings. The first-order valence-corrected chi connectivity index (χ1v) is 8.76. The van der Waals surface area contributed by atoms with Crippen molar-refractivity contribution in [2.45, 2.75) is 42.4 Å². The Morgan fingerprint density at radius 1 is 1.42 bits per heavy atom. The van der Waals surface area contributed by atoms with Crippen LogP contribution in [0.5, 0.6) is 0 Å². The fourth-order valence-corrected chi connectivity index (χ4v) is 4.50. The lowest BCUT2D eigenvalue weighted by atomic mass is 10.3. The molecule has 3 N–H and O–H groups in total. The summed E-state index contributed by atoms with van der Waals surface area (Å²) in [7, 11) is -3.54. The quantitative estimate of drug-likeness (QED) is 0.842. The van der Waals surface area contributed by atoms with Gasteiger partial charge >= 0.3 is 0 Å². The molecule has 1 aromatic heterocycles. The van der Waals surface area contributed by atoms with Crippen LogP contribution in [0, 0.1) is 0 Å². The van der Waals surface area contributed by atoms with Gasteiger partial charge in [-0.25, -0.2) is 23.1 Å². The number of nitrogens with one attached hydrogen (secondary N) is 1. The van der Waals surface area contributed by atoms with Crippen molar-refractivity contribution in [1.82, 2.24) is 14.7 Å². The van der Waals surface area contributed by atoms with Crippen molar-refractivity contribution in [1.29, 1.82) is 0 Å². The molecule has 1 fully saturated rings. The van der Waals surface area contributed by atoms with Gasteiger partial charge in [-0.1, -0.05) is 6.92 Å². The van der Waals surface area contributed by atoms with Crippen LogP contribution in [0.3, 0.4) is 0 Å². The Bertz CT molecular complexity index is 518. The lowest BCUT2D eigenvalue weighted by molar-refractivity contribution is 0.552. The fourth-order valence-electron chi connectivity index (χ4n) is 2.19. The summed E-state index contributed by atoms with van der Waals surface area (Å²) in [6, 6.07) is 0.00611. The molecule has 2 unspecified atom stereocenters. The van der Waals surface area contributed by atoms with Crippen LogP contribution in [0.4, 0.5) is 5.95 Å². The summed E-state index contributed by atoms with van der Waals surface area (Å²) in [5.74, 6) is 1.13. The van der Waals surface area contributed by atoms with Gasteiger partial charge in [0.15, 0.2) is 0 Å². The Kier molecular flexibility index (Phi) is 4.64. The number of hydrogen-bond donors (Lipinski definition) is 2. The molecule has 8 heteroatoms. The van der Waals surface area contributed by atoms with E-state index in [1.165, 1.54) is 12.4 Å². The van der Waals surface area contributed by atoms with E-state index in [9.17, 15) is 8.42 Å². The standard InChI is InChI=1S/C11H18N4O2S2/c1-2-18-9-4-3-8(5-9)15-19(16,17)10-6-13-11(12)14-7-10/h6-9,15H,2-5H2,1H3,(H2,12,13,14). The van der Waals surface area contributed by atoms with E-state index in [1.807, 2.05) is 11.8 Å². The molecule has 0 amide bonds. The van der Waals surface area contributed by atoms with Crippen LogP contribution in [0.2, 0.25) is 0 Å². The summed E-state index contributed by atoms with van der Waals surface area (Å²) in [5, 5.41) is 0.556. The van der Waals surface area contributed by atoms with E-state index in [4.69, 9.17) is 5.73 Å². The molecule has 1 saturated carbocycles. The van der Waals surface area contributed by atoms with Crippen LogP contribution in [0.25, 0.3) is 0 Å². The van der Waals surface area contributed by atoms with Gasteiger partial charge in [0.2, 0.25) is 16.0 Å². The Morgan fingerprint density at radius 3 is 2.74 bits per heavy atom. The summed E-state index contributed by atoms with van der Waals surface area (Å²) in [6.45, 7) is 2.12. The number of sulfonamides is 1. The van der Waals surface area contributed by atoms with Gasteiger partial charge in [0, 0.05) is 11.3 Å². The zero-order chi connectivity index (χ0) is 13.9. The van der Waals surface area contributed by atoms with E-state index in [1.54, 1.807) is 0 Å². The number of nitrogens with zero attached hydrogens (tertiary/aromatic N) is 2. The number of aromatic nitrogens is 2. The molecule has 106 valence electrons. The van der Waals surface area contributed by atoms with Crippen LogP contribution in [0.1, 0.15) is 26.2 Å². The average Bonchev–Trinajstić information content (AvgIpc) is 2.77. The van der Waals surface area contributed by atoms with Crippen molar-refractivity contribution in [2.75, 3.05) is 11.5 Å². The first kappa shape index (κ1) is 14.5. The second-order valence-electron chi connectivity index (χ2n) is 4.49. The monoisotopic (exact) mass is 302 g/mol. The molecule has 2 atom stereocenters. The highest BCUT2D eigenvalue weighted by Gasteiger charge is 2.28. The molecule has 6 nitrogen and oxygen atoms in total. The minimum atomic E-state index is -3.54. The normalized spacial score (nSPS) is 23.6. The second kappa shape index (κ2) is 6.06. The molecule has 0 spiro atoms. The summed E-state index contributed by atoms with van der Waals surface area (Å²) < 4.78 is 27.0. The van der Waals surface area contributed by atoms with Crippen LogP contribution in [0.15, 0.2) is 17.3 Å². The molecule has 2 rings (SSSR count). The zero-order valence-corrected chi connectivity index (χ0v) is 12.4. The topological polar surface area (TPSA) is 98.0 Å². The number of thioether (sulfide) groups is 1. The van der Waals surface area contributed by atoms with Gasteiger partial charge in [-0.2, -0.15) is 11.8 Å². The van der Waals surface area contributed by atoms with Crippen molar-refractivity contribution < 1.29 is 8.42 Å². The van der Waals surface area contributed by atoms with E-state index in [0.29, 0.717) is 5.25 Å². The molecule has 1 aliphatic rings. The van der Waals surface area contributed by atoms with Gasteiger partial charge in [-0.15, -0.1) is 0 Å². The van der Waals surface area contributed by atoms with Crippen molar-refractivity contribution in [2.24, 2.45) is 0 Å². The minimum absolute atomic E-state index is 0.00611. The molecule has 0 aliphatic heterocycles. The number of anilines is 1. The molecule has 0 bridgehead atoms. The molecule has 1 heterocycles. The lowest BCUT2D eigenvalue weighted by Crippen LogP contribution is -2.33. The highest BCUT2D eigenvalue weighted by Crippen LogP contribution is 2.30. The van der Waals surface area contributed by atoms with Crippen molar-refractivity contribution in [3.05, 3.63) is 12.4 Å². The fraction of sp³-hybridized carbons (Fsp3) is 0.636. The molecular weight excluding hydrogens is 284 g/mol. The van der Waals surface area contributed by atoms with Gasteiger partial charge in [0.1, 0.15) is 4.90 Å². The van der Waals surface area contributed by atoms with Crippen LogP contribution in [-0.4, -0.2) is 35.4 Å². The number of nitrogen functional groups attached to an aromatic ring is 1. The van der Waals surface area contributed by atoms with Gasteiger partial charge in [0.05, 0.1) is 12.4 Å². The van der Waals surface area contributed by atoms with Gasteiger partial charge < -0.3 is 5.73 Å². The maximum Gasteiger partial charge on any atom is 0.243 e. The summed E-state index contributed by atoms with van der Waals surface area (Å²) >= 11 is 1.89. The first-order chi connectivity index (χ1) is 9.01. The third-order valence-corrected chi connectivity index (χ3v) is 5.78. The molecule has 19 heavy (non-hydrogen) atoms. The van der Waals surface area contributed by atoms with Crippen molar-refractivity contribution in [3.8, 4) is 0 Å². The Labute approximate surface area is 117 Å². The second-order valence-corrected chi connectivity index (χ2v) is 7.78. The number of hydrogen-bond acceptors (Lipinski definition) is 6. The third-order valence-electron chi connectivity index (χ3n) is 3.07. The third kappa shape index (κ3) is 3.80. The molecule has 0 aromatic carbocycles. The summed E-state index contributed by atoms with van der Waals surface area (Å²) in [6.07, 6.45) is 5.29. The van der Waals surface area contributed by atoms with E-state index in [2.05, 4.69) is 21.6 Å². The predicted octanol–water partition coefficient (Wildman–Crippen LogP) is 1.01. The van der Waals surface area contributed by atoms with Crippen LogP contribution < -0.4 is 10.5 Å². The Morgan fingerprint density at radius 2 is 2.11 bits per heavy atom. The maximum atomic E-state index is 12.1. The average molecular weight is 302 g/mol. The Balaban J connectivity index is 2.00. The minimum Gasteiger partial charge on any atom is -0.368 e. The maximum absolute atomic E-state index is 12.1. The van der Waals surface area contributed by atoms with Crippen molar-refractivity contribution in [3.63, 3.8) is 0 Å². The summed E-state index contributed by atoms with van der Waals surface area (Å²) in [4.78, 5) is 7.48.